The van der Waals surface area contributed by atoms with E-state index in [1.165, 1.54) is 96.2 Å². The molecule has 65 heavy (non-hydrogen) atoms. The molecule has 2 aliphatic heterocycles. The van der Waals surface area contributed by atoms with E-state index in [9.17, 15) is 0 Å². The van der Waals surface area contributed by atoms with Crippen molar-refractivity contribution in [1.29, 1.82) is 0 Å². The highest BCUT2D eigenvalue weighted by Crippen LogP contribution is 2.50. The second kappa shape index (κ2) is 25.4. The maximum Gasteiger partial charge on any atom is 0.261 e. The van der Waals surface area contributed by atoms with Crippen LogP contribution in [0.25, 0.3) is 32.3 Å². The molecule has 0 fully saturated rings. The number of carbonyl (C=O) groups excluding carboxylic acids is 2. The number of nitrogens with zero attached hydrogens (tertiary/aromatic N) is 2. The van der Waals surface area contributed by atoms with Crippen LogP contribution in [0.2, 0.25) is 0 Å². The molecule has 6 rings (SSSR count). The summed E-state index contributed by atoms with van der Waals surface area (Å²) in [5.74, 6) is 2.24. The van der Waals surface area contributed by atoms with Crippen LogP contribution in [0.3, 0.4) is 0 Å². The molecule has 2 aliphatic rings. The van der Waals surface area contributed by atoms with E-state index in [-0.39, 0.29) is 11.8 Å². The lowest BCUT2D eigenvalue weighted by Gasteiger charge is -2.28. The lowest BCUT2D eigenvalue weighted by molar-refractivity contribution is -0.124. The van der Waals surface area contributed by atoms with Crippen LogP contribution in [0.1, 0.15) is 185 Å². The van der Waals surface area contributed by atoms with Crippen molar-refractivity contribution >= 4 is 45.9 Å². The average molecular weight is 915 g/mol. The van der Waals surface area contributed by atoms with Gasteiger partial charge in [0, 0.05) is 22.8 Å². The van der Waals surface area contributed by atoms with Crippen molar-refractivity contribution in [3.63, 3.8) is 0 Å². The lowest BCUT2D eigenvalue weighted by atomic mass is 9.92. The number of fused-ring (bicyclic) bond motifs is 1. The zero-order chi connectivity index (χ0) is 46.3. The second-order valence-corrected chi connectivity index (χ2v) is 21.7. The minimum absolute atomic E-state index is 0.00995. The van der Waals surface area contributed by atoms with Crippen LogP contribution in [0, 0.1) is 23.7 Å². The Morgan fingerprint density at radius 3 is 1.20 bits per heavy atom. The van der Waals surface area contributed by atoms with E-state index in [0.717, 1.165) is 90.8 Å². The Hall–Kier alpha value is -3.74. The molecule has 0 saturated heterocycles. The molecule has 0 spiro atoms. The van der Waals surface area contributed by atoms with E-state index in [1.807, 2.05) is 9.80 Å². The van der Waals surface area contributed by atoms with E-state index in [4.69, 9.17) is 0 Å². The van der Waals surface area contributed by atoms with Gasteiger partial charge < -0.3 is 9.80 Å². The van der Waals surface area contributed by atoms with Gasteiger partial charge in [0.2, 0.25) is 0 Å². The molecule has 4 aromatic rings. The molecule has 2 amide bonds. The van der Waals surface area contributed by atoms with Crippen LogP contribution in [0.4, 0.5) is 0 Å². The van der Waals surface area contributed by atoms with Crippen molar-refractivity contribution < 1.29 is 9.59 Å². The van der Waals surface area contributed by atoms with Crippen LogP contribution in [-0.4, -0.2) is 34.7 Å². The van der Waals surface area contributed by atoms with Crippen LogP contribution in [-0.2, 0) is 22.4 Å². The van der Waals surface area contributed by atoms with Crippen molar-refractivity contribution in [2.75, 3.05) is 13.1 Å². The summed E-state index contributed by atoms with van der Waals surface area (Å²) >= 11 is 3.44. The quantitative estimate of drug-likeness (QED) is 0.0544. The summed E-state index contributed by atoms with van der Waals surface area (Å²) in [6, 6.07) is 27.0. The van der Waals surface area contributed by atoms with E-state index >= 15 is 9.59 Å². The van der Waals surface area contributed by atoms with Gasteiger partial charge in [0.05, 0.1) is 32.3 Å². The number of aryl methyl sites for hydroxylation is 2. The summed E-state index contributed by atoms with van der Waals surface area (Å²) in [4.78, 5) is 38.9. The predicted octanol–water partition coefficient (Wildman–Crippen LogP) is 17.3. The first-order valence-electron chi connectivity index (χ1n) is 26.2. The summed E-state index contributed by atoms with van der Waals surface area (Å²) in [5.41, 5.74) is 8.04. The fourth-order valence-electron chi connectivity index (χ4n) is 10.1. The SMILES string of the molecule is CCCCC(C)CN1C(=O)C2=C(c3ccc(-c4ccc(CCC(CC)CCCC)cc4)s3)N(CC(CC)CCCC)C(=O)C2=C1c1ccc(-c2ccc(CCC(CC)CCCC)cc2)s1. The number of amides is 2. The lowest BCUT2D eigenvalue weighted by Crippen LogP contribution is -2.34. The Labute approximate surface area is 403 Å². The molecule has 0 saturated carbocycles. The van der Waals surface area contributed by atoms with Gasteiger partial charge in [-0.15, -0.1) is 22.7 Å². The van der Waals surface area contributed by atoms with Crippen molar-refractivity contribution in [2.24, 2.45) is 23.7 Å². The predicted molar refractivity (Wildman–Crippen MR) is 282 cm³/mol. The molecule has 4 atom stereocenters. The Balaban J connectivity index is 1.36. The molecule has 0 radical (unpaired) electrons. The highest BCUT2D eigenvalue weighted by atomic mass is 32.1. The third-order valence-electron chi connectivity index (χ3n) is 14.6. The number of benzene rings is 2. The van der Waals surface area contributed by atoms with Crippen LogP contribution in [0.15, 0.2) is 83.9 Å². The number of hydrogen-bond donors (Lipinski definition) is 0. The molecule has 4 nitrogen and oxygen atoms in total. The van der Waals surface area contributed by atoms with Crippen LogP contribution < -0.4 is 0 Å². The summed E-state index contributed by atoms with van der Waals surface area (Å²) in [6.45, 7) is 19.5. The van der Waals surface area contributed by atoms with Gasteiger partial charge in [-0.05, 0) is 109 Å². The fourth-order valence-corrected chi connectivity index (χ4v) is 12.3. The van der Waals surface area contributed by atoms with Gasteiger partial charge >= 0.3 is 0 Å². The Morgan fingerprint density at radius 2 is 0.800 bits per heavy atom. The van der Waals surface area contributed by atoms with Crippen LogP contribution >= 0.6 is 22.7 Å². The van der Waals surface area contributed by atoms with Crippen molar-refractivity contribution in [3.05, 3.63) is 105 Å². The summed E-state index contributed by atoms with van der Waals surface area (Å²) in [6.07, 6.45) is 22.7. The first-order chi connectivity index (χ1) is 31.7. The largest absolute Gasteiger partial charge is 0.306 e. The Morgan fingerprint density at radius 1 is 0.431 bits per heavy atom. The van der Waals surface area contributed by atoms with Gasteiger partial charge in [0.15, 0.2) is 0 Å². The maximum absolute atomic E-state index is 15.3. The molecular weight excluding hydrogens is 833 g/mol. The minimum atomic E-state index is -0.0157. The molecular formula is C59H82N2O2S2. The zero-order valence-electron chi connectivity index (χ0n) is 41.6. The van der Waals surface area contributed by atoms with E-state index in [0.29, 0.717) is 36.1 Å². The highest BCUT2D eigenvalue weighted by Gasteiger charge is 2.50. The van der Waals surface area contributed by atoms with Crippen molar-refractivity contribution in [1.82, 2.24) is 9.80 Å². The Kier molecular flexibility index (Phi) is 19.8. The summed E-state index contributed by atoms with van der Waals surface area (Å²) < 4.78 is 0. The number of rotatable bonds is 29. The first-order valence-corrected chi connectivity index (χ1v) is 27.8. The Bertz CT molecular complexity index is 2170. The number of carbonyl (C=O) groups is 2. The van der Waals surface area contributed by atoms with Gasteiger partial charge in [0.1, 0.15) is 0 Å². The number of thiophene rings is 2. The molecule has 4 heterocycles. The zero-order valence-corrected chi connectivity index (χ0v) is 43.2. The van der Waals surface area contributed by atoms with Crippen molar-refractivity contribution in [3.8, 4) is 20.9 Å². The third-order valence-corrected chi connectivity index (χ3v) is 16.9. The maximum atomic E-state index is 15.3. The van der Waals surface area contributed by atoms with Gasteiger partial charge in [-0.1, -0.05) is 187 Å². The second-order valence-electron chi connectivity index (χ2n) is 19.6. The third kappa shape index (κ3) is 12.8. The standard InChI is InChI=1S/C59H82N2O2S2/c1-9-16-20-42(8)40-60-56(52-38-36-50(64-52)48-32-28-46(29-33-48)26-24-43(13-5)21-17-10-2)54-55(58(60)62)57(61(59(54)63)41-45(15-7)23-19-12-4)53-39-37-51(65-53)49-34-30-47(31-35-49)27-25-44(14-6)22-18-11-3/h28-39,42-45H,9-27,40-41H2,1-8H3. The molecule has 0 bridgehead atoms. The van der Waals surface area contributed by atoms with Gasteiger partial charge in [-0.25, -0.2) is 0 Å². The molecule has 0 N–H and O–H groups in total. The molecule has 4 unspecified atom stereocenters. The first kappa shape index (κ1) is 50.7. The molecule has 2 aromatic carbocycles. The average Bonchev–Trinajstić information content (AvgIpc) is 4.13. The molecule has 352 valence electrons. The smallest absolute Gasteiger partial charge is 0.261 e. The monoisotopic (exact) mass is 915 g/mol. The molecule has 0 aliphatic carbocycles. The van der Waals surface area contributed by atoms with E-state index in [2.05, 4.69) is 128 Å². The van der Waals surface area contributed by atoms with Crippen molar-refractivity contribution in [2.45, 2.75) is 177 Å². The summed E-state index contributed by atoms with van der Waals surface area (Å²) in [5, 5.41) is 0. The normalized spacial score (nSPS) is 16.0. The van der Waals surface area contributed by atoms with Crippen LogP contribution in [0.5, 0.6) is 0 Å². The van der Waals surface area contributed by atoms with Gasteiger partial charge in [-0.2, -0.15) is 0 Å². The van der Waals surface area contributed by atoms with Gasteiger partial charge in [0.25, 0.3) is 11.8 Å². The molecule has 2 aromatic heterocycles. The van der Waals surface area contributed by atoms with E-state index in [1.54, 1.807) is 22.7 Å². The van der Waals surface area contributed by atoms with Gasteiger partial charge in [-0.3, -0.25) is 9.59 Å². The molecule has 6 heteroatoms. The number of hydrogen-bond acceptors (Lipinski definition) is 4. The topological polar surface area (TPSA) is 40.6 Å². The number of unbranched alkanes of at least 4 members (excludes halogenated alkanes) is 4. The van der Waals surface area contributed by atoms with E-state index < -0.39 is 0 Å². The minimum Gasteiger partial charge on any atom is -0.306 e. The highest BCUT2D eigenvalue weighted by molar-refractivity contribution is 7.17. The fraction of sp³-hybridized carbons (Fsp3) is 0.559. The summed E-state index contributed by atoms with van der Waals surface area (Å²) in [7, 11) is 0.